The number of rotatable bonds is 6. The Kier molecular flexibility index (Phi) is 5.40. The topological polar surface area (TPSA) is 50.5 Å². The van der Waals surface area contributed by atoms with Gasteiger partial charge in [-0.05, 0) is 30.0 Å². The maximum absolute atomic E-state index is 10.1. The van der Waals surface area contributed by atoms with Gasteiger partial charge in [0.1, 0.15) is 6.10 Å². The minimum absolute atomic E-state index is 0.552. The summed E-state index contributed by atoms with van der Waals surface area (Å²) in [5, 5.41) is 14.3. The average Bonchev–Trinajstić information content (AvgIpc) is 2.55. The fourth-order valence-electron chi connectivity index (χ4n) is 1.49. The summed E-state index contributed by atoms with van der Waals surface area (Å²) in [6, 6.07) is 0. The lowest BCUT2D eigenvalue weighted by molar-refractivity contribution is 0.123. The van der Waals surface area contributed by atoms with Crippen molar-refractivity contribution in [3.8, 4) is 0 Å². The zero-order valence-electron chi connectivity index (χ0n) is 9.85. The Labute approximate surface area is 104 Å². The third kappa shape index (κ3) is 3.55. The van der Waals surface area contributed by atoms with Gasteiger partial charge in [0.05, 0.1) is 29.5 Å². The third-order valence-corrected chi connectivity index (χ3v) is 2.81. The van der Waals surface area contributed by atoms with Gasteiger partial charge in [-0.3, -0.25) is 4.68 Å². The number of nitrogens with zero attached hydrogens (tertiary/aromatic N) is 3. The summed E-state index contributed by atoms with van der Waals surface area (Å²) in [7, 11) is 5.49. The molecule has 1 heterocycles. The molecule has 0 aliphatic rings. The van der Waals surface area contributed by atoms with Gasteiger partial charge in [-0.1, -0.05) is 0 Å². The van der Waals surface area contributed by atoms with E-state index in [9.17, 15) is 5.11 Å². The van der Waals surface area contributed by atoms with E-state index in [-0.39, 0.29) is 0 Å². The Hall–Kier alpha value is -0.430. The van der Waals surface area contributed by atoms with Gasteiger partial charge in [0.15, 0.2) is 0 Å². The highest BCUT2D eigenvalue weighted by atomic mass is 79.9. The van der Waals surface area contributed by atoms with E-state index >= 15 is 0 Å². The number of aromatic nitrogens is 2. The van der Waals surface area contributed by atoms with Crippen LogP contribution in [0.5, 0.6) is 0 Å². The zero-order valence-corrected chi connectivity index (χ0v) is 11.4. The van der Waals surface area contributed by atoms with Crippen molar-refractivity contribution in [2.75, 3.05) is 34.4 Å². The third-order valence-electron chi connectivity index (χ3n) is 2.19. The van der Waals surface area contributed by atoms with Crippen molar-refractivity contribution in [3.05, 3.63) is 16.4 Å². The first-order valence-corrected chi connectivity index (χ1v) is 5.88. The number of aliphatic hydroxyl groups excluding tert-OH is 1. The second-order valence-corrected chi connectivity index (χ2v) is 4.73. The van der Waals surface area contributed by atoms with Crippen molar-refractivity contribution in [2.24, 2.45) is 0 Å². The zero-order chi connectivity index (χ0) is 12.1. The summed E-state index contributed by atoms with van der Waals surface area (Å²) >= 11 is 3.40. The van der Waals surface area contributed by atoms with Crippen molar-refractivity contribution in [3.63, 3.8) is 0 Å². The van der Waals surface area contributed by atoms with E-state index in [1.54, 1.807) is 18.0 Å². The number of likely N-dealkylation sites (N-methyl/N-ethyl adjacent to an activating group) is 1. The van der Waals surface area contributed by atoms with Gasteiger partial charge in [-0.2, -0.15) is 5.10 Å². The van der Waals surface area contributed by atoms with Crippen LogP contribution in [0.25, 0.3) is 0 Å². The van der Waals surface area contributed by atoms with Gasteiger partial charge >= 0.3 is 0 Å². The van der Waals surface area contributed by atoms with Gasteiger partial charge in [0.25, 0.3) is 0 Å². The molecule has 0 amide bonds. The van der Waals surface area contributed by atoms with Crippen LogP contribution in [0.15, 0.2) is 10.7 Å². The van der Waals surface area contributed by atoms with E-state index in [1.165, 1.54) is 0 Å². The highest BCUT2D eigenvalue weighted by Gasteiger charge is 2.18. The average molecular weight is 292 g/mol. The summed E-state index contributed by atoms with van der Waals surface area (Å²) in [5.74, 6) is 0. The smallest absolute Gasteiger partial charge is 0.109 e. The molecule has 1 rings (SSSR count). The summed E-state index contributed by atoms with van der Waals surface area (Å²) in [4.78, 5) is 1.94. The maximum atomic E-state index is 10.1. The standard InChI is InChI=1S/C10H18BrN3O2/c1-13(2)7-9(15)10-8(11)6-12-14(10)4-5-16-3/h6,9,15H,4-5,7H2,1-3H3. The molecule has 16 heavy (non-hydrogen) atoms. The molecule has 0 aliphatic carbocycles. The maximum Gasteiger partial charge on any atom is 0.109 e. The molecule has 1 unspecified atom stereocenters. The molecule has 0 saturated carbocycles. The summed E-state index contributed by atoms with van der Waals surface area (Å²) in [6.45, 7) is 1.79. The van der Waals surface area contributed by atoms with Crippen LogP contribution in [-0.2, 0) is 11.3 Å². The molecule has 0 radical (unpaired) electrons. The predicted octanol–water partition coefficient (Wildman–Crippen LogP) is 0.887. The van der Waals surface area contributed by atoms with Crippen molar-refractivity contribution < 1.29 is 9.84 Å². The minimum atomic E-state index is -0.552. The molecule has 0 bridgehead atoms. The van der Waals surface area contributed by atoms with Gasteiger partial charge in [-0.25, -0.2) is 0 Å². The summed E-state index contributed by atoms with van der Waals surface area (Å²) in [6.07, 6.45) is 1.15. The number of hydrogen-bond acceptors (Lipinski definition) is 4. The Morgan fingerprint density at radius 2 is 2.31 bits per heavy atom. The van der Waals surface area contributed by atoms with Crippen LogP contribution in [0, 0.1) is 0 Å². The first kappa shape index (κ1) is 13.6. The Morgan fingerprint density at radius 3 is 2.88 bits per heavy atom. The van der Waals surface area contributed by atoms with Gasteiger partial charge in [-0.15, -0.1) is 0 Å². The van der Waals surface area contributed by atoms with Gasteiger partial charge in [0, 0.05) is 13.7 Å². The molecule has 1 aromatic rings. The Morgan fingerprint density at radius 1 is 1.62 bits per heavy atom. The van der Waals surface area contributed by atoms with Crippen LogP contribution in [0.2, 0.25) is 0 Å². The number of hydrogen-bond donors (Lipinski definition) is 1. The highest BCUT2D eigenvalue weighted by molar-refractivity contribution is 9.10. The number of aliphatic hydroxyl groups is 1. The molecule has 1 atom stereocenters. The quantitative estimate of drug-likeness (QED) is 0.846. The molecule has 92 valence electrons. The Bertz CT molecular complexity index is 328. The van der Waals surface area contributed by atoms with E-state index in [2.05, 4.69) is 21.0 Å². The lowest BCUT2D eigenvalue weighted by atomic mass is 10.2. The van der Waals surface area contributed by atoms with Crippen LogP contribution >= 0.6 is 15.9 Å². The molecule has 1 N–H and O–H groups in total. The van der Waals surface area contributed by atoms with Crippen molar-refractivity contribution in [2.45, 2.75) is 12.6 Å². The van der Waals surface area contributed by atoms with Crippen molar-refractivity contribution in [1.82, 2.24) is 14.7 Å². The van der Waals surface area contributed by atoms with Crippen LogP contribution < -0.4 is 0 Å². The van der Waals surface area contributed by atoms with E-state index in [4.69, 9.17) is 4.74 Å². The summed E-state index contributed by atoms with van der Waals surface area (Å²) < 4.78 is 7.60. The first-order valence-electron chi connectivity index (χ1n) is 5.09. The van der Waals surface area contributed by atoms with E-state index < -0.39 is 6.10 Å². The molecular weight excluding hydrogens is 274 g/mol. The Balaban J connectivity index is 2.79. The highest BCUT2D eigenvalue weighted by Crippen LogP contribution is 2.23. The molecule has 0 saturated heterocycles. The van der Waals surface area contributed by atoms with E-state index in [1.807, 2.05) is 19.0 Å². The first-order chi connectivity index (χ1) is 7.56. The van der Waals surface area contributed by atoms with Crippen LogP contribution in [-0.4, -0.2) is 54.1 Å². The largest absolute Gasteiger partial charge is 0.385 e. The predicted molar refractivity (Wildman–Crippen MR) is 65.3 cm³/mol. The monoisotopic (exact) mass is 291 g/mol. The minimum Gasteiger partial charge on any atom is -0.385 e. The normalized spacial score (nSPS) is 13.4. The van der Waals surface area contributed by atoms with Crippen molar-refractivity contribution in [1.29, 1.82) is 0 Å². The molecular formula is C10H18BrN3O2. The van der Waals surface area contributed by atoms with Crippen molar-refractivity contribution >= 4 is 15.9 Å². The number of ether oxygens (including phenoxy) is 1. The molecule has 0 aliphatic heterocycles. The van der Waals surface area contributed by atoms with E-state index in [0.29, 0.717) is 19.7 Å². The fraction of sp³-hybridized carbons (Fsp3) is 0.700. The SMILES string of the molecule is COCCn1ncc(Br)c1C(O)CN(C)C. The molecule has 0 aromatic carbocycles. The molecule has 0 fully saturated rings. The van der Waals surface area contributed by atoms with Crippen LogP contribution in [0.4, 0.5) is 0 Å². The molecule has 5 nitrogen and oxygen atoms in total. The van der Waals surface area contributed by atoms with Gasteiger partial charge in [0.2, 0.25) is 0 Å². The molecule has 0 spiro atoms. The second kappa shape index (κ2) is 6.34. The number of methoxy groups -OCH3 is 1. The van der Waals surface area contributed by atoms with Crippen LogP contribution in [0.3, 0.4) is 0 Å². The van der Waals surface area contributed by atoms with E-state index in [0.717, 1.165) is 10.2 Å². The van der Waals surface area contributed by atoms with Gasteiger partial charge < -0.3 is 14.7 Å². The number of halogens is 1. The second-order valence-electron chi connectivity index (χ2n) is 3.87. The van der Waals surface area contributed by atoms with Crippen LogP contribution in [0.1, 0.15) is 11.8 Å². The molecule has 1 aromatic heterocycles. The molecule has 6 heteroatoms. The lowest BCUT2D eigenvalue weighted by Gasteiger charge is -2.17. The fourth-order valence-corrected chi connectivity index (χ4v) is 2.05. The lowest BCUT2D eigenvalue weighted by Crippen LogP contribution is -2.23. The summed E-state index contributed by atoms with van der Waals surface area (Å²) in [5.41, 5.74) is 0.797.